The number of rotatable bonds is 3. The van der Waals surface area contributed by atoms with Crippen LogP contribution in [0.5, 0.6) is 0 Å². The van der Waals surface area contributed by atoms with Crippen LogP contribution in [-0.2, 0) is 17.4 Å². The van der Waals surface area contributed by atoms with E-state index in [1.165, 1.54) is 12.1 Å². The van der Waals surface area contributed by atoms with Crippen LogP contribution in [-0.4, -0.2) is 16.2 Å². The standard InChI is InChI=1S/C11H8F3NO3/c12-11(13,14)7-3-1-2-6-8(4-5-9(16)17)18-15-10(6)7/h1-3H,4-5H2,(H,16,17). The van der Waals surface area contributed by atoms with Gasteiger partial charge in [-0.3, -0.25) is 4.79 Å². The van der Waals surface area contributed by atoms with Crippen molar-refractivity contribution in [1.29, 1.82) is 0 Å². The fourth-order valence-electron chi connectivity index (χ4n) is 1.65. The lowest BCUT2D eigenvalue weighted by Gasteiger charge is -2.05. The average Bonchev–Trinajstić information content (AvgIpc) is 2.67. The molecule has 0 saturated carbocycles. The fraction of sp³-hybridized carbons (Fsp3) is 0.273. The van der Waals surface area contributed by atoms with Gasteiger partial charge in [0, 0.05) is 11.8 Å². The van der Waals surface area contributed by atoms with E-state index in [2.05, 4.69) is 5.16 Å². The molecule has 0 radical (unpaired) electrons. The topological polar surface area (TPSA) is 63.3 Å². The van der Waals surface area contributed by atoms with Crippen LogP contribution in [0.2, 0.25) is 0 Å². The number of benzene rings is 1. The first-order valence-electron chi connectivity index (χ1n) is 5.06. The summed E-state index contributed by atoms with van der Waals surface area (Å²) in [5, 5.41) is 12.1. The highest BCUT2D eigenvalue weighted by atomic mass is 19.4. The molecule has 0 fully saturated rings. The largest absolute Gasteiger partial charge is 0.481 e. The lowest BCUT2D eigenvalue weighted by molar-refractivity contribution is -0.137. The number of carbonyl (C=O) groups is 1. The van der Waals surface area contributed by atoms with Crippen LogP contribution >= 0.6 is 0 Å². The lowest BCUT2D eigenvalue weighted by Crippen LogP contribution is -2.05. The van der Waals surface area contributed by atoms with Crippen molar-refractivity contribution >= 4 is 16.9 Å². The molecule has 4 nitrogen and oxygen atoms in total. The van der Waals surface area contributed by atoms with Gasteiger partial charge in [-0.15, -0.1) is 0 Å². The maximum atomic E-state index is 12.7. The summed E-state index contributed by atoms with van der Waals surface area (Å²) < 4.78 is 42.8. The third kappa shape index (κ3) is 2.29. The molecular weight excluding hydrogens is 251 g/mol. The average molecular weight is 259 g/mol. The first kappa shape index (κ1) is 12.4. The molecule has 2 aromatic rings. The Morgan fingerprint density at radius 3 is 2.72 bits per heavy atom. The molecule has 7 heteroatoms. The van der Waals surface area contributed by atoms with Crippen molar-refractivity contribution in [2.45, 2.75) is 19.0 Å². The smallest absolute Gasteiger partial charge is 0.418 e. The Hall–Kier alpha value is -2.05. The van der Waals surface area contributed by atoms with Gasteiger partial charge in [-0.2, -0.15) is 13.2 Å². The third-order valence-electron chi connectivity index (χ3n) is 2.45. The van der Waals surface area contributed by atoms with Crippen LogP contribution < -0.4 is 0 Å². The van der Waals surface area contributed by atoms with E-state index in [0.29, 0.717) is 0 Å². The minimum atomic E-state index is -4.51. The summed E-state index contributed by atoms with van der Waals surface area (Å²) in [7, 11) is 0. The Bertz CT molecular complexity index is 589. The first-order valence-corrected chi connectivity index (χ1v) is 5.06. The van der Waals surface area contributed by atoms with Gasteiger partial charge in [0.1, 0.15) is 11.3 Å². The molecule has 1 N–H and O–H groups in total. The highest BCUT2D eigenvalue weighted by Gasteiger charge is 2.34. The molecule has 0 aliphatic carbocycles. The third-order valence-corrected chi connectivity index (χ3v) is 2.45. The Kier molecular flexibility index (Phi) is 2.98. The predicted octanol–water partition coefficient (Wildman–Crippen LogP) is 2.86. The van der Waals surface area contributed by atoms with Gasteiger partial charge in [0.05, 0.1) is 12.0 Å². The van der Waals surface area contributed by atoms with Crippen molar-refractivity contribution < 1.29 is 27.6 Å². The maximum absolute atomic E-state index is 12.7. The molecule has 18 heavy (non-hydrogen) atoms. The van der Waals surface area contributed by atoms with Crippen molar-refractivity contribution in [1.82, 2.24) is 5.16 Å². The summed E-state index contributed by atoms with van der Waals surface area (Å²) in [5.41, 5.74) is -1.17. The van der Waals surface area contributed by atoms with Gasteiger partial charge in [-0.1, -0.05) is 11.2 Å². The lowest BCUT2D eigenvalue weighted by atomic mass is 10.1. The highest BCUT2D eigenvalue weighted by Crippen LogP contribution is 2.35. The zero-order chi connectivity index (χ0) is 13.3. The number of aliphatic carboxylic acids is 1. The van der Waals surface area contributed by atoms with Crippen LogP contribution in [0.25, 0.3) is 10.9 Å². The molecule has 0 bridgehead atoms. The van der Waals surface area contributed by atoms with Crippen LogP contribution in [0.15, 0.2) is 22.7 Å². The maximum Gasteiger partial charge on any atom is 0.418 e. The van der Waals surface area contributed by atoms with Gasteiger partial charge in [-0.05, 0) is 12.1 Å². The van der Waals surface area contributed by atoms with Gasteiger partial charge in [0.15, 0.2) is 0 Å². The monoisotopic (exact) mass is 259 g/mol. The number of carboxylic acid groups (broad SMARTS) is 1. The second-order valence-electron chi connectivity index (χ2n) is 3.70. The van der Waals surface area contributed by atoms with Crippen molar-refractivity contribution in [3.05, 3.63) is 29.5 Å². The van der Waals surface area contributed by atoms with Crippen LogP contribution in [0, 0.1) is 0 Å². The molecule has 0 aliphatic heterocycles. The fourth-order valence-corrected chi connectivity index (χ4v) is 1.65. The SMILES string of the molecule is O=C(O)CCc1onc2c(C(F)(F)F)cccc12. The summed E-state index contributed by atoms with van der Waals surface area (Å²) >= 11 is 0. The first-order chi connectivity index (χ1) is 8.39. The summed E-state index contributed by atoms with van der Waals surface area (Å²) in [6, 6.07) is 3.58. The number of alkyl halides is 3. The van der Waals surface area contributed by atoms with Crippen molar-refractivity contribution in [2.75, 3.05) is 0 Å². The van der Waals surface area contributed by atoms with E-state index in [4.69, 9.17) is 9.63 Å². The molecule has 0 atom stereocenters. The number of nitrogens with zero attached hydrogens (tertiary/aromatic N) is 1. The highest BCUT2D eigenvalue weighted by molar-refractivity contribution is 5.84. The molecule has 1 aromatic carbocycles. The second kappa shape index (κ2) is 4.32. The molecule has 0 aliphatic rings. The molecule has 1 heterocycles. The van der Waals surface area contributed by atoms with E-state index >= 15 is 0 Å². The molecule has 1 aromatic heterocycles. The van der Waals surface area contributed by atoms with E-state index in [-0.39, 0.29) is 29.5 Å². The van der Waals surface area contributed by atoms with E-state index in [9.17, 15) is 18.0 Å². The van der Waals surface area contributed by atoms with Gasteiger partial charge in [0.25, 0.3) is 0 Å². The van der Waals surface area contributed by atoms with Crippen molar-refractivity contribution in [2.24, 2.45) is 0 Å². The molecular formula is C11H8F3NO3. The van der Waals surface area contributed by atoms with E-state index < -0.39 is 17.7 Å². The number of hydrogen-bond acceptors (Lipinski definition) is 3. The summed E-state index contributed by atoms with van der Waals surface area (Å²) in [6.07, 6.45) is -4.73. The molecule has 0 saturated heterocycles. The Balaban J connectivity index is 2.45. The minimum absolute atomic E-state index is 0.00709. The molecule has 2 rings (SSSR count). The van der Waals surface area contributed by atoms with Gasteiger partial charge < -0.3 is 9.63 Å². The summed E-state index contributed by atoms with van der Waals surface area (Å²) in [5.74, 6) is -0.898. The number of aromatic nitrogens is 1. The minimum Gasteiger partial charge on any atom is -0.481 e. The zero-order valence-electron chi connectivity index (χ0n) is 8.99. The van der Waals surface area contributed by atoms with Crippen LogP contribution in [0.4, 0.5) is 13.2 Å². The van der Waals surface area contributed by atoms with Gasteiger partial charge >= 0.3 is 12.1 Å². The van der Waals surface area contributed by atoms with Crippen molar-refractivity contribution in [3.63, 3.8) is 0 Å². The normalized spacial score (nSPS) is 11.9. The number of aryl methyl sites for hydroxylation is 1. The summed E-state index contributed by atoms with van der Waals surface area (Å²) in [4.78, 5) is 10.4. The van der Waals surface area contributed by atoms with Crippen LogP contribution in [0.1, 0.15) is 17.7 Å². The number of halogens is 3. The molecule has 96 valence electrons. The van der Waals surface area contributed by atoms with E-state index in [1.54, 1.807) is 0 Å². The Morgan fingerprint density at radius 1 is 1.39 bits per heavy atom. The number of fused-ring (bicyclic) bond motifs is 1. The van der Waals surface area contributed by atoms with E-state index in [0.717, 1.165) is 6.07 Å². The van der Waals surface area contributed by atoms with E-state index in [1.807, 2.05) is 0 Å². The Morgan fingerprint density at radius 2 is 2.11 bits per heavy atom. The number of hydrogen-bond donors (Lipinski definition) is 1. The molecule has 0 unspecified atom stereocenters. The van der Waals surface area contributed by atoms with Crippen LogP contribution in [0.3, 0.4) is 0 Å². The quantitative estimate of drug-likeness (QED) is 0.920. The zero-order valence-corrected chi connectivity index (χ0v) is 8.99. The summed E-state index contributed by atoms with van der Waals surface area (Å²) in [6.45, 7) is 0. The molecule has 0 amide bonds. The van der Waals surface area contributed by atoms with Gasteiger partial charge in [0.2, 0.25) is 0 Å². The van der Waals surface area contributed by atoms with Crippen molar-refractivity contribution in [3.8, 4) is 0 Å². The molecule has 0 spiro atoms. The second-order valence-corrected chi connectivity index (χ2v) is 3.70. The number of carboxylic acids is 1. The van der Waals surface area contributed by atoms with Gasteiger partial charge in [-0.25, -0.2) is 0 Å². The Labute approximate surface area is 99.0 Å². The predicted molar refractivity (Wildman–Crippen MR) is 55.0 cm³/mol.